The Balaban J connectivity index is 1.65. The van der Waals surface area contributed by atoms with Crippen LogP contribution in [-0.2, 0) is 0 Å². The first kappa shape index (κ1) is 15.8. The average Bonchev–Trinajstić information content (AvgIpc) is 3.32. The van der Waals surface area contributed by atoms with Crippen LogP contribution in [0.25, 0.3) is 0 Å². The van der Waals surface area contributed by atoms with Gasteiger partial charge in [0.05, 0.1) is 0 Å². The molecule has 21 heavy (non-hydrogen) atoms. The molecule has 0 bridgehead atoms. The van der Waals surface area contributed by atoms with Gasteiger partial charge in [0, 0.05) is 25.2 Å². The van der Waals surface area contributed by atoms with E-state index in [1.165, 1.54) is 64.5 Å². The van der Waals surface area contributed by atoms with Crippen LogP contribution in [0.3, 0.4) is 0 Å². The fourth-order valence-corrected chi connectivity index (χ4v) is 4.36. The summed E-state index contributed by atoms with van der Waals surface area (Å²) in [5.74, 6) is 2.88. The first-order valence-corrected chi connectivity index (χ1v) is 9.38. The molecule has 0 amide bonds. The zero-order valence-electron chi connectivity index (χ0n) is 14.5. The lowest BCUT2D eigenvalue weighted by Gasteiger charge is -2.50. The summed E-state index contributed by atoms with van der Waals surface area (Å²) in [5, 5.41) is 0. The Bertz CT molecular complexity index is 327. The number of nitrogens with zero attached hydrogens (tertiary/aromatic N) is 1. The maximum absolute atomic E-state index is 6.34. The number of rotatable bonds is 6. The van der Waals surface area contributed by atoms with E-state index >= 15 is 0 Å². The van der Waals surface area contributed by atoms with Gasteiger partial charge in [0.15, 0.2) is 0 Å². The molecular weight excluding hydrogens is 256 g/mol. The summed E-state index contributed by atoms with van der Waals surface area (Å²) in [4.78, 5) is 2.86. The topological polar surface area (TPSA) is 29.3 Å². The smallest absolute Gasteiger partial charge is 0.0332 e. The lowest BCUT2D eigenvalue weighted by Crippen LogP contribution is -2.57. The second-order valence-corrected chi connectivity index (χ2v) is 9.36. The van der Waals surface area contributed by atoms with Gasteiger partial charge in [-0.3, -0.25) is 4.90 Å². The van der Waals surface area contributed by atoms with Gasteiger partial charge < -0.3 is 5.73 Å². The van der Waals surface area contributed by atoms with Gasteiger partial charge in [-0.2, -0.15) is 0 Å². The molecule has 0 heterocycles. The van der Waals surface area contributed by atoms with Crippen LogP contribution in [0.15, 0.2) is 0 Å². The summed E-state index contributed by atoms with van der Waals surface area (Å²) >= 11 is 0. The van der Waals surface area contributed by atoms with Crippen LogP contribution < -0.4 is 5.73 Å². The minimum atomic E-state index is 0.340. The van der Waals surface area contributed by atoms with E-state index in [0.717, 1.165) is 24.3 Å². The predicted molar refractivity (Wildman–Crippen MR) is 90.2 cm³/mol. The van der Waals surface area contributed by atoms with Crippen molar-refractivity contribution in [3.8, 4) is 0 Å². The molecule has 2 N–H and O–H groups in total. The molecule has 3 fully saturated rings. The molecule has 3 aliphatic rings. The zero-order valence-corrected chi connectivity index (χ0v) is 14.5. The van der Waals surface area contributed by atoms with E-state index in [1.54, 1.807) is 0 Å². The third-order valence-corrected chi connectivity index (χ3v) is 6.54. The molecule has 0 spiro atoms. The Morgan fingerprint density at radius 3 is 1.71 bits per heavy atom. The molecule has 0 saturated heterocycles. The van der Waals surface area contributed by atoms with Crippen LogP contribution in [0, 0.1) is 23.2 Å². The minimum Gasteiger partial charge on any atom is -0.329 e. The molecule has 0 aromatic heterocycles. The third-order valence-electron chi connectivity index (χ3n) is 6.54. The average molecular weight is 293 g/mol. The summed E-state index contributed by atoms with van der Waals surface area (Å²) in [7, 11) is 0. The molecular formula is C19H36N2. The van der Waals surface area contributed by atoms with Gasteiger partial charge in [0.2, 0.25) is 0 Å². The van der Waals surface area contributed by atoms with Crippen molar-refractivity contribution in [2.24, 2.45) is 28.9 Å². The molecule has 0 unspecified atom stereocenters. The Hall–Kier alpha value is -0.0800. The van der Waals surface area contributed by atoms with Crippen molar-refractivity contribution >= 4 is 0 Å². The van der Waals surface area contributed by atoms with Crippen LogP contribution in [0.5, 0.6) is 0 Å². The summed E-state index contributed by atoms with van der Waals surface area (Å²) < 4.78 is 0. The monoisotopic (exact) mass is 292 g/mol. The van der Waals surface area contributed by atoms with Crippen molar-refractivity contribution in [3.05, 3.63) is 0 Å². The molecule has 0 radical (unpaired) electrons. The van der Waals surface area contributed by atoms with Crippen molar-refractivity contribution in [2.45, 2.75) is 77.7 Å². The second kappa shape index (κ2) is 5.85. The fraction of sp³-hybridized carbons (Fsp3) is 1.00. The Morgan fingerprint density at radius 1 is 0.905 bits per heavy atom. The van der Waals surface area contributed by atoms with Crippen LogP contribution in [0.2, 0.25) is 0 Å². The summed E-state index contributed by atoms with van der Waals surface area (Å²) in [6, 6.07) is 0. The molecule has 0 aromatic rings. The van der Waals surface area contributed by atoms with Gasteiger partial charge >= 0.3 is 0 Å². The van der Waals surface area contributed by atoms with Crippen LogP contribution >= 0.6 is 0 Å². The van der Waals surface area contributed by atoms with Gasteiger partial charge in [0.1, 0.15) is 0 Å². The van der Waals surface area contributed by atoms with Crippen molar-refractivity contribution in [2.75, 3.05) is 19.6 Å². The normalized spacial score (nSPS) is 34.4. The third kappa shape index (κ3) is 3.82. The first-order valence-electron chi connectivity index (χ1n) is 9.38. The molecule has 2 heteroatoms. The molecule has 2 nitrogen and oxygen atoms in total. The van der Waals surface area contributed by atoms with Gasteiger partial charge in [0.25, 0.3) is 0 Å². The van der Waals surface area contributed by atoms with E-state index in [4.69, 9.17) is 5.73 Å². The largest absolute Gasteiger partial charge is 0.329 e. The molecule has 3 aliphatic carbocycles. The summed E-state index contributed by atoms with van der Waals surface area (Å²) in [6.45, 7) is 10.8. The van der Waals surface area contributed by atoms with Gasteiger partial charge in [-0.05, 0) is 74.5 Å². The molecule has 122 valence electrons. The van der Waals surface area contributed by atoms with Crippen LogP contribution in [0.4, 0.5) is 0 Å². The highest BCUT2D eigenvalue weighted by atomic mass is 15.2. The van der Waals surface area contributed by atoms with E-state index in [9.17, 15) is 0 Å². The standard InChI is InChI=1S/C19H36N2/c1-18(2,3)17-8-10-19(14-20,11-9-17)21(12-15-4-5-15)13-16-6-7-16/h15-17H,4-14,20H2,1-3H3. The fourth-order valence-electron chi connectivity index (χ4n) is 4.36. The maximum atomic E-state index is 6.34. The first-order chi connectivity index (χ1) is 9.93. The minimum absolute atomic E-state index is 0.340. The Morgan fingerprint density at radius 2 is 1.38 bits per heavy atom. The van der Waals surface area contributed by atoms with Crippen molar-refractivity contribution in [3.63, 3.8) is 0 Å². The summed E-state index contributed by atoms with van der Waals surface area (Å²) in [5.41, 5.74) is 7.16. The van der Waals surface area contributed by atoms with Crippen LogP contribution in [0.1, 0.15) is 72.1 Å². The zero-order chi connectivity index (χ0) is 15.1. The van der Waals surface area contributed by atoms with E-state index < -0.39 is 0 Å². The maximum Gasteiger partial charge on any atom is 0.0332 e. The van der Waals surface area contributed by atoms with Crippen molar-refractivity contribution in [1.82, 2.24) is 4.90 Å². The highest BCUT2D eigenvalue weighted by Crippen LogP contribution is 2.45. The van der Waals surface area contributed by atoms with E-state index in [2.05, 4.69) is 25.7 Å². The number of nitrogens with two attached hydrogens (primary N) is 1. The quantitative estimate of drug-likeness (QED) is 0.800. The van der Waals surface area contributed by atoms with Crippen LogP contribution in [-0.4, -0.2) is 30.1 Å². The highest BCUT2D eigenvalue weighted by molar-refractivity contribution is 5.00. The van der Waals surface area contributed by atoms with Gasteiger partial charge in [-0.1, -0.05) is 20.8 Å². The SMILES string of the molecule is CC(C)(C)C1CCC(CN)(N(CC2CC2)CC2CC2)CC1. The van der Waals surface area contributed by atoms with Gasteiger partial charge in [-0.25, -0.2) is 0 Å². The number of hydrogen-bond acceptors (Lipinski definition) is 2. The Labute approximate surface area is 131 Å². The predicted octanol–water partition coefficient (Wildman–Crippen LogP) is 4.04. The van der Waals surface area contributed by atoms with E-state index in [1.807, 2.05) is 0 Å². The Kier molecular flexibility index (Phi) is 4.40. The highest BCUT2D eigenvalue weighted by Gasteiger charge is 2.44. The molecule has 0 aliphatic heterocycles. The van der Waals surface area contributed by atoms with E-state index in [-0.39, 0.29) is 0 Å². The van der Waals surface area contributed by atoms with Crippen molar-refractivity contribution < 1.29 is 0 Å². The van der Waals surface area contributed by atoms with E-state index in [0.29, 0.717) is 11.0 Å². The molecule has 3 rings (SSSR count). The molecule has 3 saturated carbocycles. The van der Waals surface area contributed by atoms with Crippen molar-refractivity contribution in [1.29, 1.82) is 0 Å². The second-order valence-electron chi connectivity index (χ2n) is 9.36. The summed E-state index contributed by atoms with van der Waals surface area (Å²) in [6.07, 6.45) is 11.3. The lowest BCUT2D eigenvalue weighted by molar-refractivity contribution is 0.0148. The molecule has 0 aromatic carbocycles. The number of hydrogen-bond donors (Lipinski definition) is 1. The van der Waals surface area contributed by atoms with Gasteiger partial charge in [-0.15, -0.1) is 0 Å². The molecule has 0 atom stereocenters. The lowest BCUT2D eigenvalue weighted by atomic mass is 9.66.